The Balaban J connectivity index is 0.000000126. The fourth-order valence-electron chi connectivity index (χ4n) is 15.9. The van der Waals surface area contributed by atoms with E-state index < -0.39 is 10.9 Å². The van der Waals surface area contributed by atoms with Gasteiger partial charge in [0, 0.05) is 23.1 Å². The summed E-state index contributed by atoms with van der Waals surface area (Å²) >= 11 is 0. The molecule has 5 nitrogen and oxygen atoms in total. The van der Waals surface area contributed by atoms with Gasteiger partial charge in [-0.15, -0.1) is 0 Å². The maximum atomic E-state index is 13.3. The Hall–Kier alpha value is -11.6. The molecule has 1 atom stereocenters. The van der Waals surface area contributed by atoms with Crippen LogP contribution in [0, 0.1) is 29.8 Å². The van der Waals surface area contributed by atoms with Gasteiger partial charge >= 0.3 is 0 Å². The van der Waals surface area contributed by atoms with E-state index >= 15 is 0 Å². The summed E-state index contributed by atoms with van der Waals surface area (Å²) in [6.07, 6.45) is 9.37. The number of hydrogen-bond acceptors (Lipinski definition) is 5. The summed E-state index contributed by atoms with van der Waals surface area (Å²) in [7, 11) is 2.65. The molecule has 130 heavy (non-hydrogen) atoms. The number of carbonyl (C=O) groups excluding carboxylic acids is 1. The van der Waals surface area contributed by atoms with Crippen LogP contribution in [0.3, 0.4) is 0 Å². The highest BCUT2D eigenvalue weighted by Crippen LogP contribution is 2.47. The molecule has 19 rings (SSSR count). The Morgan fingerprint density at radius 1 is 0.369 bits per heavy atom. The van der Waals surface area contributed by atoms with Crippen LogP contribution in [0.4, 0.5) is 13.2 Å². The number of aliphatic hydroxyl groups excluding tert-OH is 1. The van der Waals surface area contributed by atoms with Crippen molar-refractivity contribution in [1.82, 2.24) is 0 Å². The number of hydrogen-bond donors (Lipinski definition) is 1. The van der Waals surface area contributed by atoms with E-state index in [1.54, 1.807) is 50.6 Å². The molecule has 2 aliphatic heterocycles. The number of ketones is 1. The Kier molecular flexibility index (Phi) is 34.8. The largest absolute Gasteiger partial charge is 0.497 e. The third-order valence-corrected chi connectivity index (χ3v) is 36.6. The standard InChI is InChI=1S/C22H33OS.C21H21O3S.C19H17S.C18H12F3S.C18H13OS.C18H15S/c1-22(2,3)21(24-15-7-8-16-24)20(23)19-13-11-18(12-14-19)17-9-5-4-6-10-17;1-23-17-7-4-10-20(13-17)25(19-9-3-6-16(12-19)15-22)21-11-5-8-18(14-21)24-2;1-16-12-14-19(15-13-16)20(17-8-4-2-5-9-17)18-10-6-3-7-11-18;19-13-1-7-16(8-2-13)22(17-9-3-14(20)4-10-17)18-11-5-15(21)6-12-18;1-2-8-14(9-3-1)20-17-12-6-4-10-15(17)19-16-11-5-7-13-18(16)20;1-4-10-16(11-5-1)19(17-12-6-2-7-13-17)18-14-8-3-9-15-18/h11-14,17,21H,4-10,15-16H2,1-3H3;3-14,22H,15H2,1-2H3;2-15H,1H3;1-12H;1-13H;1-15H/q6*+1. The number of methoxy groups -OCH3 is 2. The van der Waals surface area contributed by atoms with Crippen molar-refractivity contribution < 1.29 is 37.3 Å². The van der Waals surface area contributed by atoms with Gasteiger partial charge in [-0.3, -0.25) is 4.79 Å². The van der Waals surface area contributed by atoms with Crippen LogP contribution in [0.25, 0.3) is 0 Å². The van der Waals surface area contributed by atoms with Gasteiger partial charge in [-0.2, -0.15) is 0 Å². The lowest BCUT2D eigenvalue weighted by atomic mass is 9.83. The average Bonchev–Trinajstić information content (AvgIpc) is 0.854. The molecule has 656 valence electrons. The van der Waals surface area contributed by atoms with E-state index in [4.69, 9.17) is 14.2 Å². The highest BCUT2D eigenvalue weighted by molar-refractivity contribution is 7.99. The molecule has 1 aliphatic carbocycles. The van der Waals surface area contributed by atoms with Gasteiger partial charge in [0.2, 0.25) is 15.6 Å². The Labute approximate surface area is 784 Å². The molecular weight excluding hydrogens is 1720 g/mol. The van der Waals surface area contributed by atoms with Gasteiger partial charge in [0.1, 0.15) is 51.4 Å². The van der Waals surface area contributed by atoms with E-state index in [-0.39, 0.29) is 89.2 Å². The topological polar surface area (TPSA) is 65.0 Å². The van der Waals surface area contributed by atoms with Crippen molar-refractivity contribution in [1.29, 1.82) is 0 Å². The summed E-state index contributed by atoms with van der Waals surface area (Å²) in [5.74, 6) is 6.29. The van der Waals surface area contributed by atoms with Crippen LogP contribution in [0.2, 0.25) is 0 Å². The lowest BCUT2D eigenvalue weighted by molar-refractivity contribution is 0.0949. The van der Waals surface area contributed by atoms with Crippen LogP contribution in [-0.4, -0.2) is 41.9 Å². The maximum absolute atomic E-state index is 13.3. The number of aryl methyl sites for hydroxylation is 1. The molecule has 1 unspecified atom stereocenters. The highest BCUT2D eigenvalue weighted by atomic mass is 32.2. The lowest BCUT2D eigenvalue weighted by Crippen LogP contribution is -2.42. The summed E-state index contributed by atoms with van der Waals surface area (Å²) in [5, 5.41) is 9.71. The highest BCUT2D eigenvalue weighted by Gasteiger charge is 2.47. The summed E-state index contributed by atoms with van der Waals surface area (Å²) in [6.45, 7) is 8.90. The summed E-state index contributed by atoms with van der Waals surface area (Å²) in [4.78, 5) is 31.4. The first-order chi connectivity index (χ1) is 63.6. The predicted molar refractivity (Wildman–Crippen MR) is 537 cm³/mol. The van der Waals surface area contributed by atoms with Gasteiger partial charge in [-0.25, -0.2) is 13.2 Å². The molecule has 2 heterocycles. The first-order valence-corrected chi connectivity index (χ1v) is 51.8. The first-order valence-electron chi connectivity index (χ1n) is 44.1. The molecule has 1 N–H and O–H groups in total. The second-order valence-corrected chi connectivity index (χ2v) is 44.9. The van der Waals surface area contributed by atoms with Crippen molar-refractivity contribution in [2.24, 2.45) is 5.41 Å². The van der Waals surface area contributed by atoms with E-state index in [1.807, 2.05) is 60.7 Å². The van der Waals surface area contributed by atoms with E-state index in [2.05, 4.69) is 319 Å². The molecule has 16 aromatic rings. The monoisotopic (exact) mass is 1830 g/mol. The molecule has 3 aliphatic rings. The van der Waals surface area contributed by atoms with Gasteiger partial charge < -0.3 is 19.3 Å². The molecule has 0 aromatic heterocycles. The molecule has 0 spiro atoms. The predicted octanol–water partition coefficient (Wildman–Crippen LogP) is 30.0. The summed E-state index contributed by atoms with van der Waals surface area (Å²) in [5.41, 5.74) is 4.65. The smallest absolute Gasteiger partial charge is 0.215 e. The average molecular weight is 1830 g/mol. The van der Waals surface area contributed by atoms with Gasteiger partial charge in [-0.05, 0) is 279 Å². The van der Waals surface area contributed by atoms with Gasteiger partial charge in [0.15, 0.2) is 80.4 Å². The van der Waals surface area contributed by atoms with E-state index in [0.717, 1.165) is 69.4 Å². The maximum Gasteiger partial charge on any atom is 0.215 e. The number of halogens is 3. The molecule has 2 fully saturated rings. The van der Waals surface area contributed by atoms with Crippen molar-refractivity contribution in [3.05, 3.63) is 464 Å². The van der Waals surface area contributed by atoms with Crippen molar-refractivity contribution >= 4 is 71.2 Å². The number of Topliss-reactive ketones (excluding diaryl/α,β-unsaturated/α-hetero) is 1. The Morgan fingerprint density at radius 3 is 1.06 bits per heavy atom. The van der Waals surface area contributed by atoms with Crippen molar-refractivity contribution in [3.8, 4) is 23.0 Å². The minimum absolute atomic E-state index is 0.0146. The molecule has 16 aromatic carbocycles. The van der Waals surface area contributed by atoms with Gasteiger partial charge in [0.05, 0.1) is 64.4 Å². The lowest BCUT2D eigenvalue weighted by Gasteiger charge is -2.28. The zero-order valence-corrected chi connectivity index (χ0v) is 79.2. The number of para-hydroxylation sites is 2. The fourth-order valence-corrected chi connectivity index (χ4v) is 29.9. The zero-order chi connectivity index (χ0) is 90.4. The van der Waals surface area contributed by atoms with Crippen LogP contribution in [0.15, 0.2) is 498 Å². The number of ether oxygens (including phenoxy) is 3. The van der Waals surface area contributed by atoms with Crippen molar-refractivity contribution in [2.45, 2.75) is 164 Å². The van der Waals surface area contributed by atoms with Crippen LogP contribution in [-0.2, 0) is 72.0 Å². The Morgan fingerprint density at radius 2 is 0.692 bits per heavy atom. The number of carbonyl (C=O) groups is 1. The fraction of sp³-hybridized carbons (Fsp3) is 0.164. The number of rotatable bonds is 20. The minimum Gasteiger partial charge on any atom is -0.497 e. The molecule has 14 heteroatoms. The molecule has 1 saturated carbocycles. The molecule has 0 radical (unpaired) electrons. The normalized spacial score (nSPS) is 13.2. The van der Waals surface area contributed by atoms with E-state index in [9.17, 15) is 23.1 Å². The quantitative estimate of drug-likeness (QED) is 0.0608. The minimum atomic E-state index is -0.539. The Bertz CT molecular complexity index is 5730. The van der Waals surface area contributed by atoms with E-state index in [1.165, 1.54) is 148 Å². The molecular formula is C116H111F3O5S6+6. The van der Waals surface area contributed by atoms with Gasteiger partial charge in [-0.1, -0.05) is 240 Å². The van der Waals surface area contributed by atoms with Crippen LogP contribution in [0.1, 0.15) is 98.7 Å². The number of fused-ring (bicyclic) bond motifs is 2. The third kappa shape index (κ3) is 25.8. The third-order valence-electron chi connectivity index (χ3n) is 22.2. The van der Waals surface area contributed by atoms with Crippen molar-refractivity contribution in [3.63, 3.8) is 0 Å². The summed E-state index contributed by atoms with van der Waals surface area (Å²) < 4.78 is 56.3. The van der Waals surface area contributed by atoms with Crippen molar-refractivity contribution in [2.75, 3.05) is 25.7 Å². The zero-order valence-electron chi connectivity index (χ0n) is 74.3. The van der Waals surface area contributed by atoms with Gasteiger partial charge in [0.25, 0.3) is 0 Å². The number of aliphatic hydroxyl groups is 1. The number of benzene rings is 16. The van der Waals surface area contributed by atoms with Crippen LogP contribution >= 0.6 is 0 Å². The second-order valence-electron chi connectivity index (χ2n) is 32.5. The SMILES string of the molecule is CC(C)(C)C(C(=O)c1ccc(C2CCCCC2)cc1)[S+]1CCCC1.COc1cccc([S+](c2cccc(CO)c2)c2cccc(OC)c2)c1.Cc1ccc([S+](c2ccccc2)c2ccccc2)cc1.Fc1ccc([S+](c2ccc(F)cc2)c2ccc(F)cc2)cc1.c1ccc([S+](c2ccccc2)c2ccccc2)cc1.c1ccc([S+]2c3ccccc3Oc3ccccc32)cc1. The summed E-state index contributed by atoms with van der Waals surface area (Å²) in [6, 6.07) is 141. The first kappa shape index (κ1) is 94.6. The van der Waals surface area contributed by atoms with Crippen LogP contribution < -0.4 is 14.2 Å². The molecule has 0 bridgehead atoms. The van der Waals surface area contributed by atoms with Crippen LogP contribution in [0.5, 0.6) is 23.0 Å². The van der Waals surface area contributed by atoms with E-state index in [0.29, 0.717) is 5.78 Å². The second kappa shape index (κ2) is 47.8. The molecule has 1 saturated heterocycles. The molecule has 0 amide bonds.